The van der Waals surface area contributed by atoms with Crippen LogP contribution in [-0.4, -0.2) is 11.9 Å². The molecule has 2 aromatic rings. The average Bonchev–Trinajstić information content (AvgIpc) is 2.28. The van der Waals surface area contributed by atoms with Gasteiger partial charge in [-0.3, -0.25) is 4.79 Å². The van der Waals surface area contributed by atoms with Crippen molar-refractivity contribution in [2.75, 3.05) is 5.32 Å². The minimum atomic E-state index is -1.74. The van der Waals surface area contributed by atoms with Crippen LogP contribution in [0.25, 0.3) is 10.8 Å². The van der Waals surface area contributed by atoms with Crippen LogP contribution in [0.15, 0.2) is 42.5 Å². The molecular weight excluding hydrogens is 213 g/mol. The number of aliphatic carboxylic acids is 1. The van der Waals surface area contributed by atoms with Crippen molar-refractivity contribution < 1.29 is 33.6 Å². The van der Waals surface area contributed by atoms with Crippen molar-refractivity contribution in [3.63, 3.8) is 0 Å². The Morgan fingerprint density at radius 3 is 2.29 bits per heavy atom. The number of benzene rings is 2. The quantitative estimate of drug-likeness (QED) is 0.428. The van der Waals surface area contributed by atoms with Gasteiger partial charge in [-0.05, 0) is 22.9 Å². The molecule has 17 heavy (non-hydrogen) atoms. The molecule has 2 rings (SSSR count). The summed E-state index contributed by atoms with van der Waals surface area (Å²) < 4.78 is 0. The van der Waals surface area contributed by atoms with Crippen LogP contribution in [0.4, 0.5) is 5.69 Å². The maximum Gasteiger partial charge on any atom is 1.00 e. The molecule has 0 saturated heterocycles. The molecule has 0 saturated carbocycles. The van der Waals surface area contributed by atoms with Crippen molar-refractivity contribution in [1.29, 1.82) is 0 Å². The number of carboxylic acids is 1. The molecule has 0 aliphatic heterocycles. The molecule has 0 aliphatic carbocycles. The molecule has 0 aromatic heterocycles. The number of amides is 1. The van der Waals surface area contributed by atoms with E-state index in [1.165, 1.54) is 0 Å². The Hall–Kier alpha value is -1.76. The molecular formula is C12H8LiNO3. The zero-order valence-electron chi connectivity index (χ0n) is 9.27. The second kappa shape index (κ2) is 5.53. The van der Waals surface area contributed by atoms with Crippen molar-refractivity contribution in [2.45, 2.75) is 0 Å². The van der Waals surface area contributed by atoms with Gasteiger partial charge in [0.15, 0.2) is 0 Å². The Morgan fingerprint density at radius 2 is 1.65 bits per heavy atom. The first-order valence-corrected chi connectivity index (χ1v) is 4.68. The molecule has 0 radical (unpaired) electrons. The summed E-state index contributed by atoms with van der Waals surface area (Å²) in [6.45, 7) is 0. The van der Waals surface area contributed by atoms with E-state index in [-0.39, 0.29) is 18.9 Å². The third kappa shape index (κ3) is 3.10. The largest absolute Gasteiger partial charge is 1.00 e. The molecule has 0 atom stereocenters. The number of hydrogen-bond donors (Lipinski definition) is 1. The van der Waals surface area contributed by atoms with Crippen LogP contribution in [0.3, 0.4) is 0 Å². The number of anilines is 1. The first kappa shape index (κ1) is 13.3. The smallest absolute Gasteiger partial charge is 0.540 e. The van der Waals surface area contributed by atoms with Crippen molar-refractivity contribution in [3.8, 4) is 0 Å². The van der Waals surface area contributed by atoms with Gasteiger partial charge in [0, 0.05) is 5.69 Å². The third-order valence-electron chi connectivity index (χ3n) is 2.19. The number of carbonyl (C=O) groups excluding carboxylic acids is 2. The van der Waals surface area contributed by atoms with Crippen molar-refractivity contribution in [1.82, 2.24) is 0 Å². The fourth-order valence-electron chi connectivity index (χ4n) is 1.45. The number of nitrogens with one attached hydrogen (secondary N) is 1. The monoisotopic (exact) mass is 221 g/mol. The molecule has 0 heterocycles. The van der Waals surface area contributed by atoms with Crippen LogP contribution in [0, 0.1) is 0 Å². The van der Waals surface area contributed by atoms with E-state index in [0.717, 1.165) is 10.8 Å². The summed E-state index contributed by atoms with van der Waals surface area (Å²) in [5, 5.41) is 14.4. The first-order chi connectivity index (χ1) is 7.66. The van der Waals surface area contributed by atoms with Crippen LogP contribution >= 0.6 is 0 Å². The van der Waals surface area contributed by atoms with Crippen LogP contribution in [0.5, 0.6) is 0 Å². The van der Waals surface area contributed by atoms with Gasteiger partial charge in [-0.15, -0.1) is 0 Å². The first-order valence-electron chi connectivity index (χ1n) is 4.68. The van der Waals surface area contributed by atoms with Crippen molar-refractivity contribution >= 4 is 28.3 Å². The molecule has 0 fully saturated rings. The summed E-state index contributed by atoms with van der Waals surface area (Å²) in [5.74, 6) is -2.89. The number of carboxylic acid groups (broad SMARTS) is 1. The fourth-order valence-corrected chi connectivity index (χ4v) is 1.45. The Balaban J connectivity index is 0.00000144. The van der Waals surface area contributed by atoms with Gasteiger partial charge in [0.25, 0.3) is 5.91 Å². The standard InChI is InChI=1S/C12H9NO3.Li/c14-11(12(15)16)13-10-6-5-8-3-1-2-4-9(8)7-10;/h1-7H,(H,13,14)(H,15,16);/q;+1/p-1. The topological polar surface area (TPSA) is 69.2 Å². The summed E-state index contributed by atoms with van der Waals surface area (Å²) in [6, 6.07) is 12.7. The number of rotatable bonds is 1. The van der Waals surface area contributed by atoms with Crippen LogP contribution in [0.2, 0.25) is 0 Å². The van der Waals surface area contributed by atoms with E-state index in [2.05, 4.69) is 5.32 Å². The van der Waals surface area contributed by atoms with Gasteiger partial charge in [-0.1, -0.05) is 30.3 Å². The Bertz CT molecular complexity index is 568. The van der Waals surface area contributed by atoms with Gasteiger partial charge in [0.05, 0.1) is 0 Å². The van der Waals surface area contributed by atoms with Crippen molar-refractivity contribution in [2.24, 2.45) is 0 Å². The maximum absolute atomic E-state index is 10.9. The van der Waals surface area contributed by atoms with Crippen LogP contribution < -0.4 is 29.3 Å². The molecule has 80 valence electrons. The Labute approximate surface area is 110 Å². The second-order valence-electron chi connectivity index (χ2n) is 3.30. The molecule has 5 heteroatoms. The molecule has 1 amide bonds. The average molecular weight is 221 g/mol. The minimum Gasteiger partial charge on any atom is -0.540 e. The summed E-state index contributed by atoms with van der Waals surface area (Å²) in [7, 11) is 0. The van der Waals surface area contributed by atoms with E-state index in [1.54, 1.807) is 18.2 Å². The van der Waals surface area contributed by atoms with Crippen LogP contribution in [0.1, 0.15) is 0 Å². The van der Waals surface area contributed by atoms with E-state index in [0.29, 0.717) is 5.69 Å². The number of hydrogen-bond acceptors (Lipinski definition) is 3. The molecule has 4 nitrogen and oxygen atoms in total. The summed E-state index contributed by atoms with van der Waals surface area (Å²) in [5.41, 5.74) is 0.438. The third-order valence-corrected chi connectivity index (χ3v) is 2.19. The number of carbonyl (C=O) groups is 2. The second-order valence-corrected chi connectivity index (χ2v) is 3.30. The number of fused-ring (bicyclic) bond motifs is 1. The molecule has 0 bridgehead atoms. The summed E-state index contributed by atoms with van der Waals surface area (Å²) >= 11 is 0. The predicted octanol–water partition coefficient (Wildman–Crippen LogP) is -2.47. The summed E-state index contributed by atoms with van der Waals surface area (Å²) in [4.78, 5) is 21.1. The molecule has 0 aliphatic rings. The van der Waals surface area contributed by atoms with E-state index >= 15 is 0 Å². The van der Waals surface area contributed by atoms with Gasteiger partial charge in [0.2, 0.25) is 0 Å². The molecule has 2 aromatic carbocycles. The summed E-state index contributed by atoms with van der Waals surface area (Å²) in [6.07, 6.45) is 0. The van der Waals surface area contributed by atoms with Gasteiger partial charge in [-0.2, -0.15) is 0 Å². The van der Waals surface area contributed by atoms with E-state index in [4.69, 9.17) is 0 Å². The molecule has 0 spiro atoms. The van der Waals surface area contributed by atoms with E-state index in [9.17, 15) is 14.7 Å². The Kier molecular flexibility index (Phi) is 4.33. The van der Waals surface area contributed by atoms with Crippen molar-refractivity contribution in [3.05, 3.63) is 42.5 Å². The fraction of sp³-hybridized carbons (Fsp3) is 0. The zero-order valence-corrected chi connectivity index (χ0v) is 9.27. The Morgan fingerprint density at radius 1 is 1.00 bits per heavy atom. The molecule has 1 N–H and O–H groups in total. The SMILES string of the molecule is O=C([O-])C(=O)Nc1ccc2ccccc2c1.[Li+]. The van der Waals surface area contributed by atoms with Gasteiger partial charge in [0.1, 0.15) is 5.97 Å². The molecule has 0 unspecified atom stereocenters. The van der Waals surface area contributed by atoms with Gasteiger partial charge < -0.3 is 15.2 Å². The maximum atomic E-state index is 10.9. The normalized spacial score (nSPS) is 9.41. The minimum absolute atomic E-state index is 0. The van der Waals surface area contributed by atoms with E-state index in [1.807, 2.05) is 24.3 Å². The zero-order chi connectivity index (χ0) is 11.5. The van der Waals surface area contributed by atoms with Gasteiger partial charge >= 0.3 is 18.9 Å². The van der Waals surface area contributed by atoms with Gasteiger partial charge in [-0.25, -0.2) is 0 Å². The van der Waals surface area contributed by atoms with Crippen LogP contribution in [-0.2, 0) is 9.59 Å². The predicted molar refractivity (Wildman–Crippen MR) is 57.6 cm³/mol. The van der Waals surface area contributed by atoms with E-state index < -0.39 is 11.9 Å².